The maximum Gasteiger partial charge on any atom is 0.100 e. The van der Waals surface area contributed by atoms with Crippen molar-refractivity contribution in [3.05, 3.63) is 23.9 Å². The van der Waals surface area contributed by atoms with Crippen LogP contribution in [0.15, 0.2) is 23.4 Å². The fourth-order valence-corrected chi connectivity index (χ4v) is 2.40. The van der Waals surface area contributed by atoms with Crippen LogP contribution in [-0.2, 0) is 0 Å². The molecule has 70 valence electrons. The van der Waals surface area contributed by atoms with E-state index in [1.54, 1.807) is 11.8 Å². The van der Waals surface area contributed by atoms with Gasteiger partial charge in [0, 0.05) is 17.8 Å². The molecule has 0 radical (unpaired) electrons. The quantitative estimate of drug-likeness (QED) is 0.731. The van der Waals surface area contributed by atoms with Gasteiger partial charge in [-0.1, -0.05) is 6.07 Å². The molecule has 0 spiro atoms. The first-order valence-electron chi connectivity index (χ1n) is 4.64. The van der Waals surface area contributed by atoms with Crippen molar-refractivity contribution in [2.75, 3.05) is 12.8 Å². The zero-order chi connectivity index (χ0) is 9.10. The van der Waals surface area contributed by atoms with Crippen molar-refractivity contribution in [2.24, 2.45) is 0 Å². The van der Waals surface area contributed by atoms with Crippen LogP contribution in [0.5, 0.6) is 0 Å². The molecule has 1 aliphatic heterocycles. The Morgan fingerprint density at radius 1 is 1.62 bits per heavy atom. The van der Waals surface area contributed by atoms with E-state index < -0.39 is 0 Å². The van der Waals surface area contributed by atoms with Gasteiger partial charge in [-0.2, -0.15) is 0 Å². The molecule has 1 aromatic rings. The highest BCUT2D eigenvalue weighted by Crippen LogP contribution is 2.28. The Kier molecular flexibility index (Phi) is 2.86. The minimum atomic E-state index is 0.538. The van der Waals surface area contributed by atoms with Crippen LogP contribution in [0.4, 0.5) is 0 Å². The summed E-state index contributed by atoms with van der Waals surface area (Å²) in [5.74, 6) is 0. The Morgan fingerprint density at radius 2 is 2.54 bits per heavy atom. The summed E-state index contributed by atoms with van der Waals surface area (Å²) < 4.78 is 0. The van der Waals surface area contributed by atoms with Gasteiger partial charge in [0.2, 0.25) is 0 Å². The molecule has 1 unspecified atom stereocenters. The van der Waals surface area contributed by atoms with Crippen LogP contribution in [0.1, 0.15) is 24.4 Å². The van der Waals surface area contributed by atoms with Gasteiger partial charge in [-0.3, -0.25) is 0 Å². The predicted octanol–water partition coefficient (Wildman–Crippen LogP) is 2.23. The molecule has 1 aliphatic rings. The van der Waals surface area contributed by atoms with E-state index in [9.17, 15) is 0 Å². The Balaban J connectivity index is 2.26. The van der Waals surface area contributed by atoms with Gasteiger partial charge in [0.1, 0.15) is 5.03 Å². The molecule has 0 aromatic carbocycles. The third-order valence-corrected chi connectivity index (χ3v) is 3.16. The van der Waals surface area contributed by atoms with Gasteiger partial charge in [0.25, 0.3) is 0 Å². The highest BCUT2D eigenvalue weighted by atomic mass is 32.2. The minimum absolute atomic E-state index is 0.538. The molecule has 2 nitrogen and oxygen atoms in total. The molecule has 0 aliphatic carbocycles. The molecule has 1 N–H and O–H groups in total. The van der Waals surface area contributed by atoms with Crippen molar-refractivity contribution in [2.45, 2.75) is 23.9 Å². The maximum atomic E-state index is 4.36. The first kappa shape index (κ1) is 9.03. The lowest BCUT2D eigenvalue weighted by atomic mass is 10.1. The third kappa shape index (κ3) is 1.86. The number of hydrogen-bond acceptors (Lipinski definition) is 3. The van der Waals surface area contributed by atoms with E-state index in [1.165, 1.54) is 23.4 Å². The minimum Gasteiger partial charge on any atom is -0.310 e. The lowest BCUT2D eigenvalue weighted by molar-refractivity contribution is 0.629. The van der Waals surface area contributed by atoms with Gasteiger partial charge >= 0.3 is 0 Å². The highest BCUT2D eigenvalue weighted by molar-refractivity contribution is 7.98. The first-order valence-corrected chi connectivity index (χ1v) is 5.86. The average molecular weight is 194 g/mol. The second-order valence-corrected chi connectivity index (χ2v) is 4.05. The van der Waals surface area contributed by atoms with Crippen molar-refractivity contribution in [1.82, 2.24) is 10.3 Å². The summed E-state index contributed by atoms with van der Waals surface area (Å²) >= 11 is 1.73. The SMILES string of the molecule is CSc1ncccc1C1CCCN1. The Hall–Kier alpha value is -0.540. The van der Waals surface area contributed by atoms with Crippen molar-refractivity contribution in [1.29, 1.82) is 0 Å². The molecule has 1 fully saturated rings. The van der Waals surface area contributed by atoms with Crippen LogP contribution >= 0.6 is 11.8 Å². The molecule has 1 aromatic heterocycles. The normalized spacial score (nSPS) is 22.1. The predicted molar refractivity (Wildman–Crippen MR) is 56.0 cm³/mol. The summed E-state index contributed by atoms with van der Waals surface area (Å²) in [5, 5.41) is 4.66. The summed E-state index contributed by atoms with van der Waals surface area (Å²) in [7, 11) is 0. The van der Waals surface area contributed by atoms with Gasteiger partial charge in [-0.25, -0.2) is 4.98 Å². The van der Waals surface area contributed by atoms with Crippen molar-refractivity contribution in [3.63, 3.8) is 0 Å². The van der Waals surface area contributed by atoms with E-state index in [0.29, 0.717) is 6.04 Å². The molecule has 0 saturated carbocycles. The van der Waals surface area contributed by atoms with Gasteiger partial charge < -0.3 is 5.32 Å². The van der Waals surface area contributed by atoms with Crippen molar-refractivity contribution >= 4 is 11.8 Å². The Morgan fingerprint density at radius 3 is 3.23 bits per heavy atom. The summed E-state index contributed by atoms with van der Waals surface area (Å²) in [6, 6.07) is 4.74. The van der Waals surface area contributed by atoms with E-state index in [1.807, 2.05) is 12.3 Å². The number of thioether (sulfide) groups is 1. The van der Waals surface area contributed by atoms with Gasteiger partial charge in [0.05, 0.1) is 0 Å². The second kappa shape index (κ2) is 4.11. The largest absolute Gasteiger partial charge is 0.310 e. The molecule has 0 amide bonds. The number of nitrogens with one attached hydrogen (secondary N) is 1. The van der Waals surface area contributed by atoms with Crippen molar-refractivity contribution in [3.8, 4) is 0 Å². The number of nitrogens with zero attached hydrogens (tertiary/aromatic N) is 1. The van der Waals surface area contributed by atoms with Crippen molar-refractivity contribution < 1.29 is 0 Å². The van der Waals surface area contributed by atoms with E-state index in [0.717, 1.165) is 6.54 Å². The van der Waals surface area contributed by atoms with Gasteiger partial charge in [-0.05, 0) is 31.7 Å². The standard InChI is InChI=1S/C10H14N2S/c1-13-10-8(4-2-7-12-10)9-5-3-6-11-9/h2,4,7,9,11H,3,5-6H2,1H3. The molecule has 1 atom stereocenters. The summed E-state index contributed by atoms with van der Waals surface area (Å²) in [5.41, 5.74) is 1.37. The van der Waals surface area contributed by atoms with E-state index >= 15 is 0 Å². The van der Waals surface area contributed by atoms with Crippen LogP contribution in [0.25, 0.3) is 0 Å². The molecule has 2 rings (SSSR count). The van der Waals surface area contributed by atoms with Gasteiger partial charge in [0.15, 0.2) is 0 Å². The fourth-order valence-electron chi connectivity index (χ4n) is 1.79. The number of rotatable bonds is 2. The lowest BCUT2D eigenvalue weighted by Gasteiger charge is -2.12. The maximum absolute atomic E-state index is 4.36. The fraction of sp³-hybridized carbons (Fsp3) is 0.500. The van der Waals surface area contributed by atoms with E-state index in [4.69, 9.17) is 0 Å². The van der Waals surface area contributed by atoms with Crippen LogP contribution in [0.3, 0.4) is 0 Å². The van der Waals surface area contributed by atoms with Gasteiger partial charge in [-0.15, -0.1) is 11.8 Å². The Labute approximate surface area is 83.1 Å². The zero-order valence-corrected chi connectivity index (χ0v) is 8.60. The van der Waals surface area contributed by atoms with E-state index in [2.05, 4.69) is 22.6 Å². The topological polar surface area (TPSA) is 24.9 Å². The average Bonchev–Trinajstić information content (AvgIpc) is 2.70. The molecule has 3 heteroatoms. The highest BCUT2D eigenvalue weighted by Gasteiger charge is 2.18. The summed E-state index contributed by atoms with van der Waals surface area (Å²) in [4.78, 5) is 4.36. The number of aromatic nitrogens is 1. The first-order chi connectivity index (χ1) is 6.42. The van der Waals surface area contributed by atoms with Crippen LogP contribution in [0.2, 0.25) is 0 Å². The molecule has 2 heterocycles. The number of pyridine rings is 1. The van der Waals surface area contributed by atoms with E-state index in [-0.39, 0.29) is 0 Å². The molecular formula is C10H14N2S. The number of hydrogen-bond donors (Lipinski definition) is 1. The molecule has 13 heavy (non-hydrogen) atoms. The molecular weight excluding hydrogens is 180 g/mol. The molecule has 1 saturated heterocycles. The zero-order valence-electron chi connectivity index (χ0n) is 7.79. The lowest BCUT2D eigenvalue weighted by Crippen LogP contribution is -2.13. The summed E-state index contributed by atoms with van der Waals surface area (Å²) in [6.45, 7) is 1.15. The molecule has 0 bridgehead atoms. The smallest absolute Gasteiger partial charge is 0.100 e. The second-order valence-electron chi connectivity index (χ2n) is 3.25. The third-order valence-electron chi connectivity index (χ3n) is 2.43. The van der Waals surface area contributed by atoms with Crippen LogP contribution in [-0.4, -0.2) is 17.8 Å². The van der Waals surface area contributed by atoms with Crippen LogP contribution in [0, 0.1) is 0 Å². The summed E-state index contributed by atoms with van der Waals surface area (Å²) in [6.07, 6.45) is 6.48. The Bertz CT molecular complexity index is 282. The monoisotopic (exact) mass is 194 g/mol. The van der Waals surface area contributed by atoms with Crippen LogP contribution < -0.4 is 5.32 Å².